The van der Waals surface area contributed by atoms with Crippen LogP contribution in [0, 0.1) is 5.92 Å². The number of hydrogen-bond acceptors (Lipinski definition) is 8. The molecule has 1 atom stereocenters. The highest BCUT2D eigenvalue weighted by Gasteiger charge is 2.37. The number of carboxylic acids is 1. The number of carbonyl (C=O) groups excluding carboxylic acids is 3. The SMILES string of the molecule is CN(C(=O)C1CC1)c1cnc2c(c1)C(C(=O)Cc1ccc(C(=O)O)cc1)N(C(=O)/C=C/c1cc(Cl)ccc1-n1cnnn1)CC2. The molecule has 0 bridgehead atoms. The predicted molar refractivity (Wildman–Crippen MR) is 164 cm³/mol. The minimum atomic E-state index is -1.07. The third-order valence-corrected chi connectivity index (χ3v) is 8.22. The molecule has 2 aromatic carbocycles. The Kier molecular flexibility index (Phi) is 8.22. The van der Waals surface area contributed by atoms with Gasteiger partial charge in [0.25, 0.3) is 0 Å². The number of carbonyl (C=O) groups is 4. The van der Waals surface area contributed by atoms with Gasteiger partial charge in [-0.2, -0.15) is 4.68 Å². The van der Waals surface area contributed by atoms with Crippen molar-refractivity contribution in [2.24, 2.45) is 5.92 Å². The van der Waals surface area contributed by atoms with Crippen LogP contribution < -0.4 is 4.90 Å². The number of nitrogens with zero attached hydrogens (tertiary/aromatic N) is 7. The van der Waals surface area contributed by atoms with Crippen molar-refractivity contribution in [3.63, 3.8) is 0 Å². The maximum atomic E-state index is 14.0. The van der Waals surface area contributed by atoms with E-state index in [2.05, 4.69) is 20.5 Å². The molecule has 2 aromatic heterocycles. The van der Waals surface area contributed by atoms with Crippen LogP contribution in [0.25, 0.3) is 11.8 Å². The van der Waals surface area contributed by atoms with E-state index in [1.165, 1.54) is 34.1 Å². The summed E-state index contributed by atoms with van der Waals surface area (Å²) in [6.45, 7) is 0.239. The third-order valence-electron chi connectivity index (χ3n) is 7.99. The highest BCUT2D eigenvalue weighted by molar-refractivity contribution is 6.30. The second kappa shape index (κ2) is 12.4. The minimum Gasteiger partial charge on any atom is -0.478 e. The summed E-state index contributed by atoms with van der Waals surface area (Å²) in [5.41, 5.74) is 3.68. The Bertz CT molecular complexity index is 1820. The van der Waals surface area contributed by atoms with Crippen molar-refractivity contribution in [3.8, 4) is 5.69 Å². The molecule has 45 heavy (non-hydrogen) atoms. The van der Waals surface area contributed by atoms with Crippen LogP contribution >= 0.6 is 11.6 Å². The lowest BCUT2D eigenvalue weighted by Gasteiger charge is -2.36. The molecule has 1 unspecified atom stereocenters. The number of tetrazole rings is 1. The molecular formula is C32H28ClN7O5. The normalized spacial score (nSPS) is 16.0. The van der Waals surface area contributed by atoms with E-state index in [-0.39, 0.29) is 36.1 Å². The zero-order valence-electron chi connectivity index (χ0n) is 24.2. The maximum Gasteiger partial charge on any atom is 0.335 e. The lowest BCUT2D eigenvalue weighted by atomic mass is 9.90. The van der Waals surface area contributed by atoms with E-state index >= 15 is 0 Å². The van der Waals surface area contributed by atoms with E-state index in [1.807, 2.05) is 0 Å². The smallest absolute Gasteiger partial charge is 0.335 e. The van der Waals surface area contributed by atoms with Gasteiger partial charge in [-0.1, -0.05) is 23.7 Å². The summed E-state index contributed by atoms with van der Waals surface area (Å²) in [6.07, 6.45) is 8.10. The molecule has 0 radical (unpaired) electrons. The fraction of sp³-hybridized carbons (Fsp3) is 0.250. The molecule has 12 nitrogen and oxygen atoms in total. The average Bonchev–Trinajstić information content (AvgIpc) is 3.76. The molecule has 1 fully saturated rings. The Morgan fingerprint density at radius 1 is 1.09 bits per heavy atom. The Labute approximate surface area is 262 Å². The molecule has 0 saturated heterocycles. The molecule has 2 amide bonds. The first-order valence-electron chi connectivity index (χ1n) is 14.3. The maximum absolute atomic E-state index is 14.0. The summed E-state index contributed by atoms with van der Waals surface area (Å²) >= 11 is 6.25. The van der Waals surface area contributed by atoms with Crippen LogP contribution in [0.3, 0.4) is 0 Å². The number of amides is 2. The van der Waals surface area contributed by atoms with Crippen LogP contribution in [-0.4, -0.2) is 72.4 Å². The molecule has 4 aromatic rings. The van der Waals surface area contributed by atoms with Crippen molar-refractivity contribution < 1.29 is 24.3 Å². The van der Waals surface area contributed by atoms with Gasteiger partial charge in [0.15, 0.2) is 5.78 Å². The van der Waals surface area contributed by atoms with Gasteiger partial charge in [-0.05, 0) is 71.3 Å². The molecule has 2 aliphatic rings. The van der Waals surface area contributed by atoms with E-state index in [0.717, 1.165) is 12.8 Å². The van der Waals surface area contributed by atoms with Gasteiger partial charge in [0, 0.05) is 60.3 Å². The standard InChI is InChI=1S/C32H28ClN7O5/c1-38(31(43)20-6-7-20)24-16-25-26(34-17-24)12-13-39(30(25)28(41)14-19-2-4-21(5-3-19)32(44)45)29(42)11-8-22-15-23(33)9-10-27(22)40-18-35-36-37-40/h2-5,8-11,15-18,20,30H,6-7,12-14H2,1H3,(H,44,45)/b11-8+. The number of anilines is 1. The summed E-state index contributed by atoms with van der Waals surface area (Å²) in [7, 11) is 1.69. The minimum absolute atomic E-state index is 0.00914. The Morgan fingerprint density at radius 2 is 1.87 bits per heavy atom. The van der Waals surface area contributed by atoms with Crippen LogP contribution in [0.15, 0.2) is 67.1 Å². The molecule has 6 rings (SSSR count). The number of ketones is 1. The number of Topliss-reactive ketones (excluding diaryl/α,β-unsaturated/α-hetero) is 1. The van der Waals surface area contributed by atoms with Crippen molar-refractivity contribution >= 4 is 46.9 Å². The first-order valence-corrected chi connectivity index (χ1v) is 14.7. The highest BCUT2D eigenvalue weighted by Crippen LogP contribution is 2.36. The Balaban J connectivity index is 1.34. The van der Waals surface area contributed by atoms with Gasteiger partial charge in [0.05, 0.1) is 23.1 Å². The van der Waals surface area contributed by atoms with Crippen LogP contribution in [0.2, 0.25) is 5.02 Å². The second-order valence-corrected chi connectivity index (χ2v) is 11.5. The number of benzene rings is 2. The van der Waals surface area contributed by atoms with E-state index < -0.39 is 17.9 Å². The molecular weight excluding hydrogens is 598 g/mol. The van der Waals surface area contributed by atoms with E-state index in [9.17, 15) is 24.3 Å². The lowest BCUT2D eigenvalue weighted by molar-refractivity contribution is -0.136. The van der Waals surface area contributed by atoms with Crippen LogP contribution in [0.4, 0.5) is 5.69 Å². The molecule has 1 N–H and O–H groups in total. The summed E-state index contributed by atoms with van der Waals surface area (Å²) in [6, 6.07) is 11.9. The van der Waals surface area contributed by atoms with Gasteiger partial charge in [-0.15, -0.1) is 5.10 Å². The zero-order valence-corrected chi connectivity index (χ0v) is 25.0. The largest absolute Gasteiger partial charge is 0.478 e. The summed E-state index contributed by atoms with van der Waals surface area (Å²) in [5.74, 6) is -1.76. The van der Waals surface area contributed by atoms with Crippen molar-refractivity contribution in [2.75, 3.05) is 18.5 Å². The number of aromatic nitrogens is 5. The number of halogens is 1. The monoisotopic (exact) mass is 625 g/mol. The lowest BCUT2D eigenvalue weighted by Crippen LogP contribution is -2.44. The Hall–Kier alpha value is -5.23. The van der Waals surface area contributed by atoms with Gasteiger partial charge >= 0.3 is 5.97 Å². The first-order chi connectivity index (χ1) is 21.7. The van der Waals surface area contributed by atoms with Crippen LogP contribution in [0.5, 0.6) is 0 Å². The van der Waals surface area contributed by atoms with Gasteiger partial charge in [-0.3, -0.25) is 19.4 Å². The van der Waals surface area contributed by atoms with E-state index in [4.69, 9.17) is 11.6 Å². The zero-order chi connectivity index (χ0) is 31.7. The van der Waals surface area contributed by atoms with Gasteiger partial charge in [-0.25, -0.2) is 4.79 Å². The van der Waals surface area contributed by atoms with Gasteiger partial charge in [0.2, 0.25) is 11.8 Å². The molecule has 1 aliphatic carbocycles. The number of hydrogen-bond donors (Lipinski definition) is 1. The number of fused-ring (bicyclic) bond motifs is 1. The first kappa shape index (κ1) is 29.8. The van der Waals surface area contributed by atoms with Crippen molar-refractivity contribution in [2.45, 2.75) is 31.7 Å². The summed E-state index contributed by atoms with van der Waals surface area (Å²) < 4.78 is 1.45. The van der Waals surface area contributed by atoms with Gasteiger partial charge < -0.3 is 14.9 Å². The van der Waals surface area contributed by atoms with E-state index in [1.54, 1.807) is 60.6 Å². The van der Waals surface area contributed by atoms with Crippen LogP contribution in [-0.2, 0) is 27.2 Å². The number of carboxylic acid groups (broad SMARTS) is 1. The molecule has 1 saturated carbocycles. The predicted octanol–water partition coefficient (Wildman–Crippen LogP) is 3.73. The summed E-state index contributed by atoms with van der Waals surface area (Å²) in [5, 5.41) is 21.0. The van der Waals surface area contributed by atoms with Gasteiger partial charge in [0.1, 0.15) is 12.4 Å². The Morgan fingerprint density at radius 3 is 2.56 bits per heavy atom. The molecule has 3 heterocycles. The summed E-state index contributed by atoms with van der Waals surface area (Å²) in [4.78, 5) is 59.7. The molecule has 0 spiro atoms. The highest BCUT2D eigenvalue weighted by atomic mass is 35.5. The second-order valence-electron chi connectivity index (χ2n) is 11.0. The fourth-order valence-corrected chi connectivity index (χ4v) is 5.61. The third kappa shape index (κ3) is 6.36. The molecule has 228 valence electrons. The van der Waals surface area contributed by atoms with Crippen molar-refractivity contribution in [1.82, 2.24) is 30.1 Å². The quantitative estimate of drug-likeness (QED) is 0.274. The van der Waals surface area contributed by atoms with Crippen LogP contribution in [0.1, 0.15) is 51.6 Å². The number of pyridine rings is 1. The topological polar surface area (TPSA) is 151 Å². The van der Waals surface area contributed by atoms with Crippen molar-refractivity contribution in [3.05, 3.63) is 100 Å². The fourth-order valence-electron chi connectivity index (χ4n) is 5.43. The average molecular weight is 626 g/mol. The van der Waals surface area contributed by atoms with E-state index in [0.29, 0.717) is 45.2 Å². The molecule has 13 heteroatoms. The number of rotatable bonds is 9. The number of aromatic carboxylic acids is 1. The van der Waals surface area contributed by atoms with Crippen molar-refractivity contribution in [1.29, 1.82) is 0 Å². The molecule has 1 aliphatic heterocycles.